The molecule has 0 aliphatic carbocycles. The summed E-state index contributed by atoms with van der Waals surface area (Å²) in [7, 11) is 0. The summed E-state index contributed by atoms with van der Waals surface area (Å²) in [6, 6.07) is 6.14. The van der Waals surface area contributed by atoms with Gasteiger partial charge < -0.3 is 10.4 Å². The molecule has 1 aromatic carbocycles. The molecule has 0 heterocycles. The van der Waals surface area contributed by atoms with Gasteiger partial charge in [0.1, 0.15) is 0 Å². The number of rotatable bonds is 6. The zero-order chi connectivity index (χ0) is 13.4. The summed E-state index contributed by atoms with van der Waals surface area (Å²) in [5.74, 6) is -0.0899. The largest absolute Gasteiger partial charge is 0.396 e. The average molecular weight is 247 g/mol. The van der Waals surface area contributed by atoms with E-state index >= 15 is 0 Å². The maximum absolute atomic E-state index is 11.5. The van der Waals surface area contributed by atoms with Crippen molar-refractivity contribution in [3.63, 3.8) is 0 Å². The van der Waals surface area contributed by atoms with Crippen molar-refractivity contribution in [2.75, 3.05) is 13.2 Å². The second-order valence-electron chi connectivity index (χ2n) is 4.42. The van der Waals surface area contributed by atoms with Crippen LogP contribution in [0, 0.1) is 13.8 Å². The third-order valence-electron chi connectivity index (χ3n) is 2.72. The summed E-state index contributed by atoms with van der Waals surface area (Å²) >= 11 is 0. The second kappa shape index (κ2) is 7.67. The minimum absolute atomic E-state index is 0.0899. The van der Waals surface area contributed by atoms with Crippen molar-refractivity contribution in [2.45, 2.75) is 26.7 Å². The van der Waals surface area contributed by atoms with Crippen LogP contribution in [0.15, 0.2) is 24.3 Å². The molecular weight excluding hydrogens is 226 g/mol. The number of amides is 1. The van der Waals surface area contributed by atoms with Crippen molar-refractivity contribution in [2.24, 2.45) is 0 Å². The van der Waals surface area contributed by atoms with Crippen LogP contribution < -0.4 is 5.32 Å². The zero-order valence-corrected chi connectivity index (χ0v) is 11.1. The molecule has 18 heavy (non-hydrogen) atoms. The Bertz CT molecular complexity index is 425. The number of carbonyl (C=O) groups excluding carboxylic acids is 1. The summed E-state index contributed by atoms with van der Waals surface area (Å²) in [5, 5.41) is 11.4. The SMILES string of the molecule is Cc1ccc(/C=C/C(=O)NCCCCO)c(C)c1. The maximum Gasteiger partial charge on any atom is 0.243 e. The molecule has 0 saturated carbocycles. The first-order valence-electron chi connectivity index (χ1n) is 6.27. The number of benzene rings is 1. The molecule has 0 radical (unpaired) electrons. The van der Waals surface area contributed by atoms with E-state index < -0.39 is 0 Å². The van der Waals surface area contributed by atoms with Gasteiger partial charge in [-0.2, -0.15) is 0 Å². The van der Waals surface area contributed by atoms with E-state index in [-0.39, 0.29) is 12.5 Å². The molecule has 3 nitrogen and oxygen atoms in total. The van der Waals surface area contributed by atoms with Crippen LogP contribution >= 0.6 is 0 Å². The Balaban J connectivity index is 2.45. The summed E-state index contributed by atoms with van der Waals surface area (Å²) in [6.07, 6.45) is 4.91. The number of unbranched alkanes of at least 4 members (excludes halogenated alkanes) is 1. The molecule has 0 unspecified atom stereocenters. The van der Waals surface area contributed by atoms with Crippen LogP contribution in [0.2, 0.25) is 0 Å². The van der Waals surface area contributed by atoms with Gasteiger partial charge in [0.25, 0.3) is 0 Å². The Morgan fingerprint density at radius 2 is 2.11 bits per heavy atom. The van der Waals surface area contributed by atoms with E-state index in [1.165, 1.54) is 11.1 Å². The van der Waals surface area contributed by atoms with Crippen LogP contribution in [-0.2, 0) is 4.79 Å². The molecule has 1 rings (SSSR count). The first kappa shape index (κ1) is 14.5. The molecule has 0 aromatic heterocycles. The Labute approximate surface area is 109 Å². The van der Waals surface area contributed by atoms with Gasteiger partial charge in [0.15, 0.2) is 0 Å². The molecule has 0 aliphatic rings. The average Bonchev–Trinajstić information content (AvgIpc) is 2.33. The summed E-state index contributed by atoms with van der Waals surface area (Å²) in [4.78, 5) is 11.5. The lowest BCUT2D eigenvalue weighted by Gasteiger charge is -2.02. The fraction of sp³-hybridized carbons (Fsp3) is 0.400. The van der Waals surface area contributed by atoms with E-state index in [4.69, 9.17) is 5.11 Å². The first-order chi connectivity index (χ1) is 8.63. The second-order valence-corrected chi connectivity index (χ2v) is 4.42. The fourth-order valence-corrected chi connectivity index (χ4v) is 1.69. The molecular formula is C15H21NO2. The van der Waals surface area contributed by atoms with Gasteiger partial charge in [0, 0.05) is 19.2 Å². The summed E-state index contributed by atoms with van der Waals surface area (Å²) in [5.41, 5.74) is 3.45. The van der Waals surface area contributed by atoms with Crippen molar-refractivity contribution in [1.29, 1.82) is 0 Å². The van der Waals surface area contributed by atoms with E-state index in [0.717, 1.165) is 18.4 Å². The van der Waals surface area contributed by atoms with Crippen molar-refractivity contribution in [3.8, 4) is 0 Å². The van der Waals surface area contributed by atoms with Crippen molar-refractivity contribution in [1.82, 2.24) is 5.32 Å². The van der Waals surface area contributed by atoms with Gasteiger partial charge in [-0.3, -0.25) is 4.79 Å². The highest BCUT2D eigenvalue weighted by atomic mass is 16.2. The smallest absolute Gasteiger partial charge is 0.243 e. The van der Waals surface area contributed by atoms with Gasteiger partial charge >= 0.3 is 0 Å². The first-order valence-corrected chi connectivity index (χ1v) is 6.27. The monoisotopic (exact) mass is 247 g/mol. The Kier molecular flexibility index (Phi) is 6.15. The van der Waals surface area contributed by atoms with Gasteiger partial charge in [-0.25, -0.2) is 0 Å². The molecule has 1 aromatic rings. The molecule has 98 valence electrons. The lowest BCUT2D eigenvalue weighted by molar-refractivity contribution is -0.116. The van der Waals surface area contributed by atoms with Crippen molar-refractivity contribution >= 4 is 12.0 Å². The van der Waals surface area contributed by atoms with E-state index in [1.807, 2.05) is 32.1 Å². The van der Waals surface area contributed by atoms with E-state index in [2.05, 4.69) is 11.4 Å². The minimum atomic E-state index is -0.0899. The summed E-state index contributed by atoms with van der Waals surface area (Å²) in [6.45, 7) is 4.87. The fourth-order valence-electron chi connectivity index (χ4n) is 1.69. The highest BCUT2D eigenvalue weighted by Gasteiger charge is 1.97. The molecule has 0 atom stereocenters. The van der Waals surface area contributed by atoms with E-state index in [9.17, 15) is 4.79 Å². The zero-order valence-electron chi connectivity index (χ0n) is 11.1. The predicted octanol–water partition coefficient (Wildman–Crippen LogP) is 2.21. The molecule has 3 heteroatoms. The highest BCUT2D eigenvalue weighted by molar-refractivity contribution is 5.91. The van der Waals surface area contributed by atoms with Gasteiger partial charge in [-0.05, 0) is 43.9 Å². The lowest BCUT2D eigenvalue weighted by atomic mass is 10.1. The van der Waals surface area contributed by atoms with Gasteiger partial charge in [-0.15, -0.1) is 0 Å². The lowest BCUT2D eigenvalue weighted by Crippen LogP contribution is -2.22. The van der Waals surface area contributed by atoms with E-state index in [0.29, 0.717) is 6.54 Å². The van der Waals surface area contributed by atoms with Crippen molar-refractivity contribution < 1.29 is 9.90 Å². The van der Waals surface area contributed by atoms with Gasteiger partial charge in [0.05, 0.1) is 0 Å². The number of carbonyl (C=O) groups is 1. The van der Waals surface area contributed by atoms with Crippen LogP contribution in [0.4, 0.5) is 0 Å². The third kappa shape index (κ3) is 5.15. The number of aliphatic hydroxyl groups is 1. The maximum atomic E-state index is 11.5. The summed E-state index contributed by atoms with van der Waals surface area (Å²) < 4.78 is 0. The molecule has 0 fully saturated rings. The van der Waals surface area contributed by atoms with Crippen LogP contribution in [0.1, 0.15) is 29.5 Å². The van der Waals surface area contributed by atoms with Gasteiger partial charge in [-0.1, -0.05) is 23.8 Å². The van der Waals surface area contributed by atoms with Crippen LogP contribution in [0.25, 0.3) is 6.08 Å². The number of hydrogen-bond acceptors (Lipinski definition) is 2. The predicted molar refractivity (Wildman–Crippen MR) is 74.3 cm³/mol. The molecule has 1 amide bonds. The van der Waals surface area contributed by atoms with Crippen LogP contribution in [0.3, 0.4) is 0 Å². The van der Waals surface area contributed by atoms with E-state index in [1.54, 1.807) is 6.08 Å². The van der Waals surface area contributed by atoms with Crippen molar-refractivity contribution in [3.05, 3.63) is 41.0 Å². The highest BCUT2D eigenvalue weighted by Crippen LogP contribution is 2.11. The topological polar surface area (TPSA) is 49.3 Å². The molecule has 0 bridgehead atoms. The number of aryl methyl sites for hydroxylation is 2. The Morgan fingerprint density at radius 3 is 2.78 bits per heavy atom. The Hall–Kier alpha value is -1.61. The minimum Gasteiger partial charge on any atom is -0.396 e. The normalized spacial score (nSPS) is 10.8. The third-order valence-corrected chi connectivity index (χ3v) is 2.72. The Morgan fingerprint density at radius 1 is 1.33 bits per heavy atom. The molecule has 0 spiro atoms. The van der Waals surface area contributed by atoms with Gasteiger partial charge in [0.2, 0.25) is 5.91 Å². The molecule has 0 saturated heterocycles. The number of hydrogen-bond donors (Lipinski definition) is 2. The number of nitrogens with one attached hydrogen (secondary N) is 1. The quantitative estimate of drug-likeness (QED) is 0.598. The molecule has 2 N–H and O–H groups in total. The molecule has 0 aliphatic heterocycles. The standard InChI is InChI=1S/C15H21NO2/c1-12-5-6-14(13(2)11-12)7-8-15(18)16-9-3-4-10-17/h5-8,11,17H,3-4,9-10H2,1-2H3,(H,16,18)/b8-7+. The van der Waals surface area contributed by atoms with Crippen LogP contribution in [0.5, 0.6) is 0 Å². The van der Waals surface area contributed by atoms with Crippen LogP contribution in [-0.4, -0.2) is 24.2 Å². The number of aliphatic hydroxyl groups excluding tert-OH is 1.